The van der Waals surface area contributed by atoms with E-state index in [4.69, 9.17) is 0 Å². The Labute approximate surface area is 165 Å². The van der Waals surface area contributed by atoms with Gasteiger partial charge in [0.1, 0.15) is 0 Å². The first-order valence-electron chi connectivity index (χ1n) is 9.08. The highest BCUT2D eigenvalue weighted by atomic mass is 32.2. The van der Waals surface area contributed by atoms with Crippen LogP contribution in [0.25, 0.3) is 5.69 Å². The zero-order valence-corrected chi connectivity index (χ0v) is 17.0. The van der Waals surface area contributed by atoms with Gasteiger partial charge >= 0.3 is 0 Å². The summed E-state index contributed by atoms with van der Waals surface area (Å²) in [6, 6.07) is 14.3. The summed E-state index contributed by atoms with van der Waals surface area (Å²) in [5, 5.41) is 3.85. The molecular weight excluding hydrogens is 354 g/mol. The number of rotatable bonds is 6. The minimum Gasteiger partial charge on any atom is -0.325 e. The second kappa shape index (κ2) is 8.44. The highest BCUT2D eigenvalue weighted by molar-refractivity contribution is 7.99. The van der Waals surface area contributed by atoms with Gasteiger partial charge in [-0.15, -0.1) is 0 Å². The number of aryl methyl sites for hydroxylation is 2. The Morgan fingerprint density at radius 3 is 2.70 bits per heavy atom. The molecule has 0 aliphatic carbocycles. The number of amides is 1. The third-order valence-corrected chi connectivity index (χ3v) is 5.37. The van der Waals surface area contributed by atoms with E-state index < -0.39 is 0 Å². The highest BCUT2D eigenvalue weighted by Gasteiger charge is 2.13. The van der Waals surface area contributed by atoms with Gasteiger partial charge in [0.25, 0.3) is 0 Å². The molecule has 140 valence electrons. The fourth-order valence-corrected chi connectivity index (χ4v) is 3.85. The lowest BCUT2D eigenvalue weighted by atomic mass is 10.0. The average Bonchev–Trinajstić information content (AvgIpc) is 3.08. The van der Waals surface area contributed by atoms with Gasteiger partial charge in [-0.3, -0.25) is 9.36 Å². The zero-order chi connectivity index (χ0) is 19.4. The number of thioether (sulfide) groups is 1. The zero-order valence-electron chi connectivity index (χ0n) is 16.2. The molecule has 0 aliphatic heterocycles. The van der Waals surface area contributed by atoms with Crippen LogP contribution in [0.15, 0.2) is 60.0 Å². The van der Waals surface area contributed by atoms with E-state index in [1.807, 2.05) is 29.0 Å². The predicted octanol–water partition coefficient (Wildman–Crippen LogP) is 5.34. The van der Waals surface area contributed by atoms with Crippen LogP contribution in [0.5, 0.6) is 0 Å². The van der Waals surface area contributed by atoms with Gasteiger partial charge in [-0.25, -0.2) is 4.98 Å². The molecule has 0 fully saturated rings. The summed E-state index contributed by atoms with van der Waals surface area (Å²) in [5.74, 6) is 0.648. The monoisotopic (exact) mass is 379 g/mol. The number of nitrogens with one attached hydrogen (secondary N) is 1. The maximum Gasteiger partial charge on any atom is 0.234 e. The van der Waals surface area contributed by atoms with Crippen LogP contribution in [0.4, 0.5) is 5.69 Å². The molecule has 1 heterocycles. The number of para-hydroxylation sites is 1. The number of carbonyl (C=O) groups is 1. The van der Waals surface area contributed by atoms with Crippen LogP contribution in [0, 0.1) is 13.8 Å². The molecule has 5 heteroatoms. The summed E-state index contributed by atoms with van der Waals surface area (Å²) in [6.07, 6.45) is 3.71. The Bertz CT molecular complexity index is 946. The van der Waals surface area contributed by atoms with Crippen molar-refractivity contribution in [3.05, 3.63) is 71.5 Å². The molecule has 1 amide bonds. The molecule has 0 bridgehead atoms. The van der Waals surface area contributed by atoms with E-state index in [0.717, 1.165) is 22.1 Å². The van der Waals surface area contributed by atoms with E-state index in [0.29, 0.717) is 11.7 Å². The van der Waals surface area contributed by atoms with Crippen molar-refractivity contribution in [2.24, 2.45) is 0 Å². The van der Waals surface area contributed by atoms with Crippen molar-refractivity contribution in [1.29, 1.82) is 0 Å². The molecule has 4 nitrogen and oxygen atoms in total. The molecule has 0 atom stereocenters. The van der Waals surface area contributed by atoms with E-state index >= 15 is 0 Å². The molecule has 0 aliphatic rings. The molecule has 1 N–H and O–H groups in total. The lowest BCUT2D eigenvalue weighted by Gasteiger charge is -2.14. The number of nitrogens with zero attached hydrogens (tertiary/aromatic N) is 2. The van der Waals surface area contributed by atoms with Gasteiger partial charge in [0.15, 0.2) is 5.16 Å². The Hall–Kier alpha value is -2.53. The van der Waals surface area contributed by atoms with Crippen molar-refractivity contribution in [3.63, 3.8) is 0 Å². The maximum atomic E-state index is 12.5. The molecule has 3 rings (SSSR count). The first-order valence-corrected chi connectivity index (χ1v) is 10.1. The molecule has 27 heavy (non-hydrogen) atoms. The Kier molecular flexibility index (Phi) is 6.01. The molecule has 0 radical (unpaired) electrons. The summed E-state index contributed by atoms with van der Waals surface area (Å²) >= 11 is 1.44. The van der Waals surface area contributed by atoms with Crippen LogP contribution in [-0.4, -0.2) is 21.2 Å². The number of anilines is 1. The number of aromatic nitrogens is 2. The summed E-state index contributed by atoms with van der Waals surface area (Å²) in [4.78, 5) is 16.9. The fraction of sp³-hybridized carbons (Fsp3) is 0.273. The van der Waals surface area contributed by atoms with Crippen molar-refractivity contribution in [2.75, 3.05) is 11.1 Å². The Morgan fingerprint density at radius 1 is 1.19 bits per heavy atom. The normalized spacial score (nSPS) is 11.0. The molecule has 0 saturated carbocycles. The predicted molar refractivity (Wildman–Crippen MR) is 113 cm³/mol. The lowest BCUT2D eigenvalue weighted by Crippen LogP contribution is -2.16. The van der Waals surface area contributed by atoms with Crippen molar-refractivity contribution in [3.8, 4) is 5.69 Å². The quantitative estimate of drug-likeness (QED) is 0.588. The SMILES string of the molecule is Cc1ccc(-n2ccnc2SCC(=O)Nc2ccccc2C(C)C)c(C)c1. The van der Waals surface area contributed by atoms with E-state index in [1.54, 1.807) is 6.20 Å². The molecule has 1 aromatic heterocycles. The van der Waals surface area contributed by atoms with Crippen LogP contribution < -0.4 is 5.32 Å². The van der Waals surface area contributed by atoms with Gasteiger partial charge in [-0.05, 0) is 43.0 Å². The van der Waals surface area contributed by atoms with E-state index in [9.17, 15) is 4.79 Å². The standard InChI is InChI=1S/C22H25N3OS/c1-15(2)18-7-5-6-8-19(18)24-21(26)14-27-22-23-11-12-25(22)20-10-9-16(3)13-17(20)4/h5-13,15H,14H2,1-4H3,(H,24,26). The van der Waals surface area contributed by atoms with Crippen LogP contribution >= 0.6 is 11.8 Å². The molecule has 0 spiro atoms. The first kappa shape index (κ1) is 19.2. The Morgan fingerprint density at radius 2 is 1.96 bits per heavy atom. The van der Waals surface area contributed by atoms with Crippen LogP contribution in [0.1, 0.15) is 36.5 Å². The number of imidazole rings is 1. The summed E-state index contributed by atoms with van der Waals surface area (Å²) in [5.41, 5.74) is 5.54. The van der Waals surface area contributed by atoms with Crippen molar-refractivity contribution in [1.82, 2.24) is 9.55 Å². The Balaban J connectivity index is 1.70. The minimum atomic E-state index is -0.0247. The molecule has 3 aromatic rings. The van der Waals surface area contributed by atoms with E-state index in [-0.39, 0.29) is 5.91 Å². The molecule has 0 saturated heterocycles. The van der Waals surface area contributed by atoms with Gasteiger partial charge in [0.2, 0.25) is 5.91 Å². The van der Waals surface area contributed by atoms with Crippen LogP contribution in [0.3, 0.4) is 0 Å². The van der Waals surface area contributed by atoms with Gasteiger partial charge in [-0.1, -0.05) is 61.5 Å². The highest BCUT2D eigenvalue weighted by Crippen LogP contribution is 2.26. The number of hydrogen-bond acceptors (Lipinski definition) is 3. The summed E-state index contributed by atoms with van der Waals surface area (Å²) in [6.45, 7) is 8.42. The molecule has 0 unspecified atom stereocenters. The van der Waals surface area contributed by atoms with Crippen molar-refractivity contribution in [2.45, 2.75) is 38.8 Å². The summed E-state index contributed by atoms with van der Waals surface area (Å²) < 4.78 is 2.04. The number of benzene rings is 2. The number of carbonyl (C=O) groups excluding carboxylic acids is 1. The largest absolute Gasteiger partial charge is 0.325 e. The average molecular weight is 380 g/mol. The summed E-state index contributed by atoms with van der Waals surface area (Å²) in [7, 11) is 0. The topological polar surface area (TPSA) is 46.9 Å². The number of hydrogen-bond donors (Lipinski definition) is 1. The smallest absolute Gasteiger partial charge is 0.234 e. The van der Waals surface area contributed by atoms with Crippen molar-refractivity contribution >= 4 is 23.4 Å². The van der Waals surface area contributed by atoms with E-state index in [1.165, 1.54) is 22.9 Å². The molecule has 2 aromatic carbocycles. The third kappa shape index (κ3) is 4.61. The van der Waals surface area contributed by atoms with Gasteiger partial charge in [0.05, 0.1) is 11.4 Å². The lowest BCUT2D eigenvalue weighted by molar-refractivity contribution is -0.113. The van der Waals surface area contributed by atoms with E-state index in [2.05, 4.69) is 62.3 Å². The maximum absolute atomic E-state index is 12.5. The van der Waals surface area contributed by atoms with Crippen LogP contribution in [0.2, 0.25) is 0 Å². The van der Waals surface area contributed by atoms with Gasteiger partial charge in [0, 0.05) is 18.1 Å². The first-order chi connectivity index (χ1) is 13.0. The van der Waals surface area contributed by atoms with Crippen molar-refractivity contribution < 1.29 is 4.79 Å². The van der Waals surface area contributed by atoms with Gasteiger partial charge < -0.3 is 5.32 Å². The second-order valence-corrected chi connectivity index (χ2v) is 7.89. The van der Waals surface area contributed by atoms with Crippen LogP contribution in [-0.2, 0) is 4.79 Å². The minimum absolute atomic E-state index is 0.0247. The van der Waals surface area contributed by atoms with Gasteiger partial charge in [-0.2, -0.15) is 0 Å². The fourth-order valence-electron chi connectivity index (χ4n) is 3.09. The third-order valence-electron chi connectivity index (χ3n) is 4.41. The molecular formula is C22H25N3OS. The second-order valence-electron chi connectivity index (χ2n) is 6.95.